The molecule has 1 atom stereocenters. The van der Waals surface area contributed by atoms with E-state index in [-0.39, 0.29) is 11.9 Å². The van der Waals surface area contributed by atoms with Gasteiger partial charge in [0.15, 0.2) is 0 Å². The third kappa shape index (κ3) is 3.07. The topological polar surface area (TPSA) is 78.0 Å². The van der Waals surface area contributed by atoms with Gasteiger partial charge in [-0.25, -0.2) is 4.39 Å². The lowest BCUT2D eigenvalue weighted by atomic mass is 10.2. The molecule has 1 saturated heterocycles. The van der Waals surface area contributed by atoms with E-state index in [1.807, 2.05) is 4.90 Å². The lowest BCUT2D eigenvalue weighted by molar-refractivity contribution is 0.167. The summed E-state index contributed by atoms with van der Waals surface area (Å²) in [6, 6.07) is 7.97. The second-order valence-electron chi connectivity index (χ2n) is 4.84. The normalized spacial score (nSPS) is 19.3. The van der Waals surface area contributed by atoms with Gasteiger partial charge >= 0.3 is 0 Å². The number of aromatic nitrogens is 2. The molecule has 2 aromatic rings. The van der Waals surface area contributed by atoms with Crippen molar-refractivity contribution in [3.05, 3.63) is 36.0 Å². The Hall–Kier alpha value is -2.30. The highest BCUT2D eigenvalue weighted by Gasteiger charge is 2.23. The van der Waals surface area contributed by atoms with Crippen molar-refractivity contribution in [2.75, 3.05) is 19.6 Å². The number of benzene rings is 1. The van der Waals surface area contributed by atoms with E-state index in [0.717, 1.165) is 13.1 Å². The molecule has 0 saturated carbocycles. The van der Waals surface area contributed by atoms with Crippen molar-refractivity contribution in [2.24, 2.45) is 0 Å². The number of nitriles is 1. The number of hydrogen-bond acceptors (Lipinski definition) is 6. The minimum Gasteiger partial charge on any atom is -0.338 e. The minimum atomic E-state index is -0.305. The van der Waals surface area contributed by atoms with E-state index in [9.17, 15) is 4.39 Å². The summed E-state index contributed by atoms with van der Waals surface area (Å²) in [5.41, 5.74) is 0.698. The SMILES string of the molecule is N#CC1CNCCN1Cc1nc(-c2ccc(F)cc2)no1. The molecule has 1 aromatic heterocycles. The Kier molecular flexibility index (Phi) is 3.90. The van der Waals surface area contributed by atoms with E-state index in [2.05, 4.69) is 21.5 Å². The molecular formula is C14H14FN5O. The van der Waals surface area contributed by atoms with E-state index < -0.39 is 0 Å². The molecule has 6 nitrogen and oxygen atoms in total. The Balaban J connectivity index is 1.73. The molecule has 108 valence electrons. The van der Waals surface area contributed by atoms with Crippen LogP contribution < -0.4 is 5.32 Å². The molecule has 1 aliphatic heterocycles. The first kappa shape index (κ1) is 13.7. The highest BCUT2D eigenvalue weighted by atomic mass is 19.1. The van der Waals surface area contributed by atoms with Crippen molar-refractivity contribution in [3.63, 3.8) is 0 Å². The van der Waals surface area contributed by atoms with E-state index >= 15 is 0 Å². The molecule has 1 aliphatic rings. The molecule has 0 amide bonds. The summed E-state index contributed by atoms with van der Waals surface area (Å²) in [5.74, 6) is 0.574. The van der Waals surface area contributed by atoms with Crippen LogP contribution in [-0.2, 0) is 6.54 Å². The average Bonchev–Trinajstić information content (AvgIpc) is 2.97. The molecule has 0 aliphatic carbocycles. The summed E-state index contributed by atoms with van der Waals surface area (Å²) >= 11 is 0. The Bertz CT molecular complexity index is 648. The number of nitrogens with one attached hydrogen (secondary N) is 1. The average molecular weight is 287 g/mol. The van der Waals surface area contributed by atoms with Gasteiger partial charge in [0.2, 0.25) is 11.7 Å². The van der Waals surface area contributed by atoms with E-state index in [1.54, 1.807) is 12.1 Å². The van der Waals surface area contributed by atoms with Gasteiger partial charge in [-0.1, -0.05) is 5.16 Å². The molecule has 2 heterocycles. The van der Waals surface area contributed by atoms with E-state index in [4.69, 9.17) is 9.78 Å². The van der Waals surface area contributed by atoms with Crippen LogP contribution in [0.2, 0.25) is 0 Å². The van der Waals surface area contributed by atoms with Gasteiger partial charge in [-0.3, -0.25) is 4.90 Å². The molecule has 3 rings (SSSR count). The van der Waals surface area contributed by atoms with Gasteiger partial charge in [0.1, 0.15) is 11.9 Å². The van der Waals surface area contributed by atoms with Crippen LogP contribution in [-0.4, -0.2) is 40.7 Å². The van der Waals surface area contributed by atoms with E-state index in [1.165, 1.54) is 12.1 Å². The van der Waals surface area contributed by atoms with Crippen molar-refractivity contribution in [1.82, 2.24) is 20.4 Å². The van der Waals surface area contributed by atoms with Crippen LogP contribution in [0.3, 0.4) is 0 Å². The zero-order valence-corrected chi connectivity index (χ0v) is 11.3. The smallest absolute Gasteiger partial charge is 0.241 e. The van der Waals surface area contributed by atoms with E-state index in [0.29, 0.717) is 30.4 Å². The van der Waals surface area contributed by atoms with Crippen LogP contribution in [0.5, 0.6) is 0 Å². The van der Waals surface area contributed by atoms with Crippen molar-refractivity contribution < 1.29 is 8.91 Å². The van der Waals surface area contributed by atoms with Crippen molar-refractivity contribution in [2.45, 2.75) is 12.6 Å². The number of nitrogens with zero attached hydrogens (tertiary/aromatic N) is 4. The first-order chi connectivity index (χ1) is 10.3. The molecule has 1 N–H and O–H groups in total. The van der Waals surface area contributed by atoms with Gasteiger partial charge in [-0.15, -0.1) is 0 Å². The van der Waals surface area contributed by atoms with Gasteiger partial charge in [-0.2, -0.15) is 10.2 Å². The molecule has 0 bridgehead atoms. The fourth-order valence-electron chi connectivity index (χ4n) is 2.27. The Morgan fingerprint density at radius 1 is 1.43 bits per heavy atom. The lowest BCUT2D eigenvalue weighted by Gasteiger charge is -2.30. The van der Waals surface area contributed by atoms with Crippen LogP contribution in [0.4, 0.5) is 4.39 Å². The number of halogens is 1. The summed E-state index contributed by atoms with van der Waals surface area (Å²) in [7, 11) is 0. The lowest BCUT2D eigenvalue weighted by Crippen LogP contribution is -2.50. The predicted octanol–water partition coefficient (Wildman–Crippen LogP) is 1.17. The Morgan fingerprint density at radius 3 is 3.00 bits per heavy atom. The molecular weight excluding hydrogens is 273 g/mol. The highest BCUT2D eigenvalue weighted by Crippen LogP contribution is 2.17. The first-order valence-electron chi connectivity index (χ1n) is 6.69. The maximum atomic E-state index is 12.9. The molecule has 1 unspecified atom stereocenters. The van der Waals surface area contributed by atoms with Gasteiger partial charge < -0.3 is 9.84 Å². The third-order valence-corrected chi connectivity index (χ3v) is 3.41. The van der Waals surface area contributed by atoms with Gasteiger partial charge in [0, 0.05) is 25.2 Å². The predicted molar refractivity (Wildman–Crippen MR) is 72.4 cm³/mol. The maximum Gasteiger partial charge on any atom is 0.241 e. The Morgan fingerprint density at radius 2 is 2.24 bits per heavy atom. The standard InChI is InChI=1S/C14H14FN5O/c15-11-3-1-10(2-4-11)14-18-13(21-19-14)9-20-6-5-17-8-12(20)7-16/h1-4,12,17H,5-6,8-9H2. The molecule has 21 heavy (non-hydrogen) atoms. The monoisotopic (exact) mass is 287 g/mol. The number of hydrogen-bond donors (Lipinski definition) is 1. The molecule has 0 spiro atoms. The fraction of sp³-hybridized carbons (Fsp3) is 0.357. The number of piperazine rings is 1. The van der Waals surface area contributed by atoms with Crippen LogP contribution >= 0.6 is 0 Å². The summed E-state index contributed by atoms with van der Waals surface area (Å²) in [6.07, 6.45) is 0. The third-order valence-electron chi connectivity index (χ3n) is 3.41. The maximum absolute atomic E-state index is 12.9. The quantitative estimate of drug-likeness (QED) is 0.913. The second-order valence-corrected chi connectivity index (χ2v) is 4.84. The first-order valence-corrected chi connectivity index (χ1v) is 6.69. The van der Waals surface area contributed by atoms with Crippen LogP contribution in [0, 0.1) is 17.1 Å². The fourth-order valence-corrected chi connectivity index (χ4v) is 2.27. The Labute approximate surface area is 121 Å². The van der Waals surface area contributed by atoms with Crippen LogP contribution in [0.25, 0.3) is 11.4 Å². The van der Waals surface area contributed by atoms with Crippen molar-refractivity contribution in [3.8, 4) is 17.5 Å². The number of rotatable bonds is 3. The summed E-state index contributed by atoms with van der Waals surface area (Å²) in [4.78, 5) is 6.30. The molecule has 1 aromatic carbocycles. The summed E-state index contributed by atoms with van der Waals surface area (Å²) < 4.78 is 18.1. The molecule has 7 heteroatoms. The van der Waals surface area contributed by atoms with Gasteiger partial charge in [0.25, 0.3) is 0 Å². The second kappa shape index (κ2) is 5.99. The summed E-state index contributed by atoms with van der Waals surface area (Å²) in [5, 5.41) is 16.2. The van der Waals surface area contributed by atoms with Gasteiger partial charge in [0.05, 0.1) is 12.6 Å². The van der Waals surface area contributed by atoms with Crippen molar-refractivity contribution >= 4 is 0 Å². The van der Waals surface area contributed by atoms with Crippen LogP contribution in [0.1, 0.15) is 5.89 Å². The zero-order valence-electron chi connectivity index (χ0n) is 11.3. The van der Waals surface area contributed by atoms with Gasteiger partial charge in [-0.05, 0) is 24.3 Å². The zero-order chi connectivity index (χ0) is 14.7. The molecule has 0 radical (unpaired) electrons. The molecule has 1 fully saturated rings. The highest BCUT2D eigenvalue weighted by molar-refractivity contribution is 5.53. The summed E-state index contributed by atoms with van der Waals surface area (Å²) in [6.45, 7) is 2.66. The largest absolute Gasteiger partial charge is 0.338 e. The minimum absolute atomic E-state index is 0.195. The van der Waals surface area contributed by atoms with Crippen molar-refractivity contribution in [1.29, 1.82) is 5.26 Å². The van der Waals surface area contributed by atoms with Crippen LogP contribution in [0.15, 0.2) is 28.8 Å².